The summed E-state index contributed by atoms with van der Waals surface area (Å²) in [7, 11) is -3.17. The van der Waals surface area contributed by atoms with Crippen molar-refractivity contribution in [3.05, 3.63) is 90.0 Å². The summed E-state index contributed by atoms with van der Waals surface area (Å²) in [6.45, 7) is -1.11. The van der Waals surface area contributed by atoms with E-state index in [0.29, 0.717) is 21.7 Å². The minimum absolute atomic E-state index is 0.205. The third-order valence-electron chi connectivity index (χ3n) is 4.95. The number of alkyl halides is 3. The molecule has 0 saturated heterocycles. The third-order valence-corrected chi connectivity index (χ3v) is 6.74. The summed E-state index contributed by atoms with van der Waals surface area (Å²) in [4.78, 5) is 23.5. The van der Waals surface area contributed by atoms with Gasteiger partial charge in [0.25, 0.3) is 15.9 Å². The molecule has 0 saturated carbocycles. The van der Waals surface area contributed by atoms with Gasteiger partial charge in [-0.2, -0.15) is 18.3 Å². The molecule has 0 aliphatic rings. The SMILES string of the molecule is COC(=O)COc1ccc(/C=N\NC(=O)CN(c2cccc(C(F)(F)F)c2)S(=O)(=O)c2ccccc2)cc1. The summed E-state index contributed by atoms with van der Waals surface area (Å²) >= 11 is 0. The van der Waals surface area contributed by atoms with Crippen LogP contribution in [0.5, 0.6) is 5.75 Å². The zero-order chi connectivity index (χ0) is 27.8. The average molecular weight is 550 g/mol. The molecule has 0 fully saturated rings. The summed E-state index contributed by atoms with van der Waals surface area (Å²) in [5, 5.41) is 3.78. The minimum atomic E-state index is -4.72. The van der Waals surface area contributed by atoms with Crippen LogP contribution in [0.4, 0.5) is 18.9 Å². The number of hydrogen-bond donors (Lipinski definition) is 1. The first-order chi connectivity index (χ1) is 18.0. The van der Waals surface area contributed by atoms with E-state index in [9.17, 15) is 31.2 Å². The van der Waals surface area contributed by atoms with Crippen molar-refractivity contribution in [3.63, 3.8) is 0 Å². The van der Waals surface area contributed by atoms with Gasteiger partial charge < -0.3 is 9.47 Å². The zero-order valence-corrected chi connectivity index (χ0v) is 20.7. The van der Waals surface area contributed by atoms with Crippen molar-refractivity contribution in [2.24, 2.45) is 5.10 Å². The van der Waals surface area contributed by atoms with E-state index in [4.69, 9.17) is 4.74 Å². The Hall–Kier alpha value is -4.39. The number of carbonyl (C=O) groups excluding carboxylic acids is 2. The molecule has 9 nitrogen and oxygen atoms in total. The Labute approximate surface area is 216 Å². The van der Waals surface area contributed by atoms with Gasteiger partial charge in [0.05, 0.1) is 29.5 Å². The summed E-state index contributed by atoms with van der Waals surface area (Å²) in [5.41, 5.74) is 1.29. The predicted octanol–water partition coefficient (Wildman–Crippen LogP) is 3.60. The van der Waals surface area contributed by atoms with Crippen LogP contribution in [-0.4, -0.2) is 46.8 Å². The maximum Gasteiger partial charge on any atom is 0.416 e. The van der Waals surface area contributed by atoms with Crippen LogP contribution >= 0.6 is 0 Å². The van der Waals surface area contributed by atoms with Crippen molar-refractivity contribution < 1.29 is 40.7 Å². The number of hydrogen-bond acceptors (Lipinski definition) is 7. The summed E-state index contributed by atoms with van der Waals surface area (Å²) in [6.07, 6.45) is -3.45. The van der Waals surface area contributed by atoms with Crippen molar-refractivity contribution >= 4 is 33.8 Å². The molecule has 0 atom stereocenters. The van der Waals surface area contributed by atoms with E-state index < -0.39 is 40.2 Å². The van der Waals surface area contributed by atoms with Gasteiger partial charge in [-0.25, -0.2) is 18.6 Å². The molecule has 0 aromatic heterocycles. The average Bonchev–Trinajstić information content (AvgIpc) is 2.91. The van der Waals surface area contributed by atoms with Gasteiger partial charge in [-0.3, -0.25) is 9.10 Å². The number of amides is 1. The molecule has 1 N–H and O–H groups in total. The molecule has 0 bridgehead atoms. The van der Waals surface area contributed by atoms with Crippen molar-refractivity contribution in [1.82, 2.24) is 5.43 Å². The van der Waals surface area contributed by atoms with E-state index in [-0.39, 0.29) is 17.2 Å². The van der Waals surface area contributed by atoms with Crippen LogP contribution in [0.3, 0.4) is 0 Å². The largest absolute Gasteiger partial charge is 0.482 e. The summed E-state index contributed by atoms with van der Waals surface area (Å²) in [5.74, 6) is -1.05. The van der Waals surface area contributed by atoms with Crippen molar-refractivity contribution in [3.8, 4) is 5.75 Å². The summed E-state index contributed by atoms with van der Waals surface area (Å²) < 4.78 is 76.6. The van der Waals surface area contributed by atoms with Crippen LogP contribution in [0.15, 0.2) is 88.9 Å². The van der Waals surface area contributed by atoms with Gasteiger partial charge in [-0.05, 0) is 60.2 Å². The number of sulfonamides is 1. The molecule has 0 aliphatic carbocycles. The second kappa shape index (κ2) is 12.2. The molecule has 200 valence electrons. The van der Waals surface area contributed by atoms with Crippen molar-refractivity contribution in [1.29, 1.82) is 0 Å². The number of hydrazone groups is 1. The fourth-order valence-electron chi connectivity index (χ4n) is 3.07. The first-order valence-corrected chi connectivity index (χ1v) is 12.3. The van der Waals surface area contributed by atoms with E-state index in [1.165, 1.54) is 37.6 Å². The molecular formula is C25H22F3N3O6S. The minimum Gasteiger partial charge on any atom is -0.482 e. The number of benzene rings is 3. The first kappa shape index (κ1) is 28.2. The number of ether oxygens (including phenoxy) is 2. The van der Waals surface area contributed by atoms with Crippen LogP contribution in [0, 0.1) is 0 Å². The summed E-state index contributed by atoms with van der Waals surface area (Å²) in [6, 6.07) is 16.9. The van der Waals surface area contributed by atoms with Gasteiger partial charge >= 0.3 is 12.1 Å². The lowest BCUT2D eigenvalue weighted by Gasteiger charge is -2.24. The van der Waals surface area contributed by atoms with E-state index in [1.54, 1.807) is 30.3 Å². The monoisotopic (exact) mass is 549 g/mol. The number of esters is 1. The van der Waals surface area contributed by atoms with Gasteiger partial charge in [0.15, 0.2) is 6.61 Å². The standard InChI is InChI=1S/C25H22F3N3O6S/c1-36-24(33)17-37-21-12-10-18(11-13-21)15-29-30-23(32)16-31(38(34,35)22-8-3-2-4-9-22)20-7-5-6-19(14-20)25(26,27)28/h2-15H,16-17H2,1H3,(H,30,32)/b29-15-. The smallest absolute Gasteiger partial charge is 0.416 e. The van der Waals surface area contributed by atoms with Crippen molar-refractivity contribution in [2.75, 3.05) is 24.6 Å². The second-order valence-electron chi connectivity index (χ2n) is 7.60. The van der Waals surface area contributed by atoms with E-state index in [2.05, 4.69) is 15.3 Å². The predicted molar refractivity (Wildman–Crippen MR) is 132 cm³/mol. The Morgan fingerprint density at radius 2 is 1.68 bits per heavy atom. The molecule has 3 aromatic rings. The molecule has 0 spiro atoms. The molecule has 0 heterocycles. The van der Waals surface area contributed by atoms with E-state index >= 15 is 0 Å². The number of nitrogens with zero attached hydrogens (tertiary/aromatic N) is 2. The molecule has 38 heavy (non-hydrogen) atoms. The van der Waals surface area contributed by atoms with Gasteiger partial charge in [0.1, 0.15) is 12.3 Å². The lowest BCUT2D eigenvalue weighted by molar-refractivity contribution is -0.143. The fourth-order valence-corrected chi connectivity index (χ4v) is 4.50. The number of carbonyl (C=O) groups is 2. The highest BCUT2D eigenvalue weighted by Gasteiger charge is 2.33. The number of methoxy groups -OCH3 is 1. The first-order valence-electron chi connectivity index (χ1n) is 10.9. The Morgan fingerprint density at radius 3 is 2.32 bits per heavy atom. The number of halogens is 3. The topological polar surface area (TPSA) is 114 Å². The van der Waals surface area contributed by atoms with E-state index in [1.807, 2.05) is 0 Å². The van der Waals surface area contributed by atoms with Crippen LogP contribution in [0.2, 0.25) is 0 Å². The van der Waals surface area contributed by atoms with Gasteiger partial charge in [0, 0.05) is 0 Å². The number of anilines is 1. The number of rotatable bonds is 10. The molecule has 0 radical (unpaired) electrons. The third kappa shape index (κ3) is 7.56. The molecule has 3 aromatic carbocycles. The number of nitrogens with one attached hydrogen (secondary N) is 1. The van der Waals surface area contributed by atoms with Crippen LogP contribution in [0.25, 0.3) is 0 Å². The molecular weight excluding hydrogens is 527 g/mol. The molecule has 1 amide bonds. The maximum absolute atomic E-state index is 13.3. The molecule has 13 heteroatoms. The Kier molecular flexibility index (Phi) is 9.07. The maximum atomic E-state index is 13.3. The lowest BCUT2D eigenvalue weighted by Crippen LogP contribution is -2.39. The Balaban J connectivity index is 1.76. The highest BCUT2D eigenvalue weighted by atomic mass is 32.2. The Bertz CT molecular complexity index is 1400. The van der Waals surface area contributed by atoms with Crippen molar-refractivity contribution in [2.45, 2.75) is 11.1 Å². The zero-order valence-electron chi connectivity index (χ0n) is 19.9. The van der Waals surface area contributed by atoms with Crippen LogP contribution < -0.4 is 14.5 Å². The lowest BCUT2D eigenvalue weighted by atomic mass is 10.2. The van der Waals surface area contributed by atoms with E-state index in [0.717, 1.165) is 18.2 Å². The van der Waals surface area contributed by atoms with Gasteiger partial charge in [-0.1, -0.05) is 24.3 Å². The highest BCUT2D eigenvalue weighted by molar-refractivity contribution is 7.92. The van der Waals surface area contributed by atoms with Gasteiger partial charge in [-0.15, -0.1) is 0 Å². The molecule has 0 aliphatic heterocycles. The molecule has 3 rings (SSSR count). The molecule has 0 unspecified atom stereocenters. The van der Waals surface area contributed by atoms with Gasteiger partial charge in [0.2, 0.25) is 0 Å². The van der Waals surface area contributed by atoms with Crippen LogP contribution in [0.1, 0.15) is 11.1 Å². The normalized spacial score (nSPS) is 11.7. The Morgan fingerprint density at radius 1 is 1.00 bits per heavy atom. The highest BCUT2D eigenvalue weighted by Crippen LogP contribution is 2.33. The fraction of sp³-hybridized carbons (Fsp3) is 0.160. The van der Waals surface area contributed by atoms with Crippen LogP contribution in [-0.2, 0) is 30.5 Å². The second-order valence-corrected chi connectivity index (χ2v) is 9.46. The quantitative estimate of drug-likeness (QED) is 0.235.